The van der Waals surface area contributed by atoms with Crippen molar-refractivity contribution >= 4 is 10.8 Å². The summed E-state index contributed by atoms with van der Waals surface area (Å²) in [6.45, 7) is 4.30. The molecule has 0 saturated heterocycles. The molecule has 18 heavy (non-hydrogen) atoms. The molecule has 0 spiro atoms. The lowest BCUT2D eigenvalue weighted by Crippen LogP contribution is -1.83. The van der Waals surface area contributed by atoms with E-state index in [4.69, 9.17) is 0 Å². The van der Waals surface area contributed by atoms with Crippen LogP contribution >= 0.6 is 0 Å². The Kier molecular flexibility index (Phi) is 2.64. The molecule has 0 heteroatoms. The van der Waals surface area contributed by atoms with Gasteiger partial charge in [-0.3, -0.25) is 0 Å². The largest absolute Gasteiger partial charge is 0.0616 e. The Hall–Kier alpha value is -2.08. The summed E-state index contributed by atoms with van der Waals surface area (Å²) in [6, 6.07) is 21.8. The highest BCUT2D eigenvalue weighted by atomic mass is 14.1. The Bertz CT molecular complexity index is 691. The lowest BCUT2D eigenvalue weighted by atomic mass is 9.97. The van der Waals surface area contributed by atoms with Gasteiger partial charge in [0.05, 0.1) is 0 Å². The maximum absolute atomic E-state index is 2.27. The molecular weight excluding hydrogens is 216 g/mol. The lowest BCUT2D eigenvalue weighted by Gasteiger charge is -2.08. The number of fused-ring (bicyclic) bond motifs is 1. The van der Waals surface area contributed by atoms with Crippen molar-refractivity contribution in [3.05, 3.63) is 71.8 Å². The molecule has 0 amide bonds. The van der Waals surface area contributed by atoms with Crippen LogP contribution in [0, 0.1) is 13.8 Å². The van der Waals surface area contributed by atoms with Crippen LogP contribution in [0.5, 0.6) is 0 Å². The normalized spacial score (nSPS) is 10.8. The fourth-order valence-corrected chi connectivity index (χ4v) is 2.41. The second-order valence-electron chi connectivity index (χ2n) is 4.88. The van der Waals surface area contributed by atoms with Gasteiger partial charge < -0.3 is 0 Å². The summed E-state index contributed by atoms with van der Waals surface area (Å²) in [5.41, 5.74) is 5.22. The van der Waals surface area contributed by atoms with Crippen molar-refractivity contribution in [2.24, 2.45) is 0 Å². The van der Waals surface area contributed by atoms with E-state index >= 15 is 0 Å². The predicted molar refractivity (Wildman–Crippen MR) is 78.9 cm³/mol. The first-order chi connectivity index (χ1) is 8.74. The van der Waals surface area contributed by atoms with Gasteiger partial charge in [0.15, 0.2) is 0 Å². The summed E-state index contributed by atoms with van der Waals surface area (Å²) >= 11 is 0. The first-order valence-electron chi connectivity index (χ1n) is 6.30. The predicted octanol–water partition coefficient (Wildman–Crippen LogP) is 5.12. The fourth-order valence-electron chi connectivity index (χ4n) is 2.41. The summed E-state index contributed by atoms with van der Waals surface area (Å²) in [4.78, 5) is 0. The molecule has 3 aromatic carbocycles. The van der Waals surface area contributed by atoms with Gasteiger partial charge in [0, 0.05) is 0 Å². The van der Waals surface area contributed by atoms with Crippen molar-refractivity contribution in [3.63, 3.8) is 0 Å². The molecule has 0 fully saturated rings. The monoisotopic (exact) mass is 232 g/mol. The van der Waals surface area contributed by atoms with Crippen LogP contribution in [0.2, 0.25) is 0 Å². The van der Waals surface area contributed by atoms with E-state index < -0.39 is 0 Å². The first kappa shape index (κ1) is 11.0. The van der Waals surface area contributed by atoms with Crippen molar-refractivity contribution in [1.82, 2.24) is 0 Å². The molecule has 0 heterocycles. The van der Waals surface area contributed by atoms with Gasteiger partial charge in [-0.25, -0.2) is 0 Å². The number of benzene rings is 3. The third kappa shape index (κ3) is 1.91. The molecule has 0 aliphatic carbocycles. The van der Waals surface area contributed by atoms with Crippen molar-refractivity contribution in [1.29, 1.82) is 0 Å². The molecule has 0 bridgehead atoms. The number of hydrogen-bond donors (Lipinski definition) is 0. The highest BCUT2D eigenvalue weighted by molar-refractivity contribution is 5.90. The van der Waals surface area contributed by atoms with Crippen LogP contribution in [0.1, 0.15) is 11.1 Å². The van der Waals surface area contributed by atoms with E-state index in [1.807, 2.05) is 0 Å². The molecule has 0 nitrogen and oxygen atoms in total. The van der Waals surface area contributed by atoms with Crippen LogP contribution in [-0.2, 0) is 0 Å². The minimum absolute atomic E-state index is 1.29. The van der Waals surface area contributed by atoms with Gasteiger partial charge in [-0.05, 0) is 47.4 Å². The van der Waals surface area contributed by atoms with Crippen molar-refractivity contribution < 1.29 is 0 Å². The third-order valence-corrected chi connectivity index (χ3v) is 3.45. The Labute approximate surface area is 108 Å². The summed E-state index contributed by atoms with van der Waals surface area (Å²) in [6.07, 6.45) is 0. The van der Waals surface area contributed by atoms with E-state index in [0.717, 1.165) is 0 Å². The summed E-state index contributed by atoms with van der Waals surface area (Å²) in [7, 11) is 0. The van der Waals surface area contributed by atoms with Crippen LogP contribution in [0.3, 0.4) is 0 Å². The standard InChI is InChI=1S/C18H16/c1-13-7-9-15(10-8-13)17-11-14(2)18-6-4-3-5-16(18)12-17/h3-12H,1-2H3. The molecule has 3 aromatic rings. The highest BCUT2D eigenvalue weighted by Gasteiger charge is 2.02. The Morgan fingerprint density at radius 1 is 0.667 bits per heavy atom. The van der Waals surface area contributed by atoms with E-state index in [1.54, 1.807) is 0 Å². The van der Waals surface area contributed by atoms with Gasteiger partial charge in [-0.2, -0.15) is 0 Å². The van der Waals surface area contributed by atoms with Gasteiger partial charge in [0.1, 0.15) is 0 Å². The van der Waals surface area contributed by atoms with Crippen molar-refractivity contribution in [2.75, 3.05) is 0 Å². The molecule has 0 saturated carbocycles. The number of aryl methyl sites for hydroxylation is 2. The number of hydrogen-bond acceptors (Lipinski definition) is 0. The Morgan fingerprint density at radius 2 is 1.39 bits per heavy atom. The lowest BCUT2D eigenvalue weighted by molar-refractivity contribution is 1.46. The van der Waals surface area contributed by atoms with E-state index in [2.05, 4.69) is 74.5 Å². The highest BCUT2D eigenvalue weighted by Crippen LogP contribution is 2.27. The molecule has 0 atom stereocenters. The van der Waals surface area contributed by atoms with Crippen LogP contribution in [0.25, 0.3) is 21.9 Å². The Morgan fingerprint density at radius 3 is 2.17 bits per heavy atom. The molecule has 0 aliphatic heterocycles. The summed E-state index contributed by atoms with van der Waals surface area (Å²) < 4.78 is 0. The molecule has 0 radical (unpaired) electrons. The Balaban J connectivity index is 2.21. The zero-order chi connectivity index (χ0) is 12.5. The molecule has 0 N–H and O–H groups in total. The topological polar surface area (TPSA) is 0 Å². The minimum Gasteiger partial charge on any atom is -0.0616 e. The van der Waals surface area contributed by atoms with Crippen molar-refractivity contribution in [3.8, 4) is 11.1 Å². The maximum atomic E-state index is 2.27. The van der Waals surface area contributed by atoms with Crippen LogP contribution in [0.4, 0.5) is 0 Å². The van der Waals surface area contributed by atoms with Crippen LogP contribution in [0.15, 0.2) is 60.7 Å². The first-order valence-corrected chi connectivity index (χ1v) is 6.30. The van der Waals surface area contributed by atoms with Gasteiger partial charge in [-0.15, -0.1) is 0 Å². The second-order valence-corrected chi connectivity index (χ2v) is 4.88. The van der Waals surface area contributed by atoms with Gasteiger partial charge in [0.2, 0.25) is 0 Å². The average Bonchev–Trinajstić information content (AvgIpc) is 2.39. The van der Waals surface area contributed by atoms with Crippen LogP contribution < -0.4 is 0 Å². The zero-order valence-electron chi connectivity index (χ0n) is 10.8. The second kappa shape index (κ2) is 4.30. The molecule has 0 aliphatic rings. The molecule has 0 unspecified atom stereocenters. The van der Waals surface area contributed by atoms with E-state index in [0.29, 0.717) is 0 Å². The molecule has 0 aromatic heterocycles. The maximum Gasteiger partial charge on any atom is -0.0154 e. The smallest absolute Gasteiger partial charge is 0.0154 e. The quantitative estimate of drug-likeness (QED) is 0.546. The van der Waals surface area contributed by atoms with Gasteiger partial charge in [-0.1, -0.05) is 60.2 Å². The summed E-state index contributed by atoms with van der Waals surface area (Å²) in [5, 5.41) is 2.65. The minimum atomic E-state index is 1.29. The SMILES string of the molecule is Cc1ccc(-c2cc(C)c3ccccc3c2)cc1. The van der Waals surface area contributed by atoms with E-state index in [-0.39, 0.29) is 0 Å². The average molecular weight is 232 g/mol. The molecule has 88 valence electrons. The number of rotatable bonds is 1. The molecule has 3 rings (SSSR count). The third-order valence-electron chi connectivity index (χ3n) is 3.45. The van der Waals surface area contributed by atoms with Gasteiger partial charge in [0.25, 0.3) is 0 Å². The van der Waals surface area contributed by atoms with Crippen molar-refractivity contribution in [2.45, 2.75) is 13.8 Å². The fraction of sp³-hybridized carbons (Fsp3) is 0.111. The van der Waals surface area contributed by atoms with Crippen LogP contribution in [-0.4, -0.2) is 0 Å². The molecular formula is C18H16. The van der Waals surface area contributed by atoms with Gasteiger partial charge >= 0.3 is 0 Å². The van der Waals surface area contributed by atoms with E-state index in [9.17, 15) is 0 Å². The zero-order valence-corrected chi connectivity index (χ0v) is 10.8. The van der Waals surface area contributed by atoms with E-state index in [1.165, 1.54) is 33.0 Å². The summed E-state index contributed by atoms with van der Waals surface area (Å²) in [5.74, 6) is 0.